The summed E-state index contributed by atoms with van der Waals surface area (Å²) in [5.41, 5.74) is 1.93. The molecule has 2 aliphatic heterocycles. The molecule has 1 N–H and O–H groups in total. The first-order valence-electron chi connectivity index (χ1n) is 10.2. The average Bonchev–Trinajstić information content (AvgIpc) is 3.34. The monoisotopic (exact) mass is 379 g/mol. The fourth-order valence-corrected chi connectivity index (χ4v) is 4.83. The van der Waals surface area contributed by atoms with E-state index in [0.29, 0.717) is 18.5 Å². The van der Waals surface area contributed by atoms with Crippen molar-refractivity contribution >= 4 is 17.5 Å². The zero-order valence-corrected chi connectivity index (χ0v) is 17.2. The number of aromatic nitrogens is 1. The maximum Gasteiger partial charge on any atom is 0.255 e. The molecule has 2 aromatic rings. The van der Waals surface area contributed by atoms with E-state index < -0.39 is 5.41 Å². The minimum absolute atomic E-state index is 0.0236. The Morgan fingerprint density at radius 3 is 2.68 bits per heavy atom. The minimum atomic E-state index is -0.630. The molecule has 3 heterocycles. The number of likely N-dealkylation sites (tertiary alicyclic amines) is 1. The zero-order chi connectivity index (χ0) is 20.1. The number of hydrogen-bond donors (Lipinski definition) is 1. The Balaban J connectivity index is 1.71. The number of fused-ring (bicyclic) bond motifs is 2. The van der Waals surface area contributed by atoms with Gasteiger partial charge in [-0.2, -0.15) is 0 Å². The Bertz CT molecular complexity index is 924. The van der Waals surface area contributed by atoms with Crippen LogP contribution in [0.2, 0.25) is 0 Å². The molecule has 0 aliphatic carbocycles. The lowest BCUT2D eigenvalue weighted by Gasteiger charge is -2.34. The maximum absolute atomic E-state index is 13.4. The molecule has 2 aliphatic rings. The molecule has 1 spiro atoms. The molecule has 1 aromatic carbocycles. The van der Waals surface area contributed by atoms with Gasteiger partial charge >= 0.3 is 0 Å². The van der Waals surface area contributed by atoms with Crippen LogP contribution in [0.25, 0.3) is 0 Å². The Morgan fingerprint density at radius 1 is 1.25 bits per heavy atom. The van der Waals surface area contributed by atoms with E-state index in [9.17, 15) is 9.59 Å². The summed E-state index contributed by atoms with van der Waals surface area (Å²) in [5.74, 6) is 0.0604. The van der Waals surface area contributed by atoms with E-state index in [1.807, 2.05) is 47.6 Å². The van der Waals surface area contributed by atoms with Gasteiger partial charge in [0, 0.05) is 30.2 Å². The third-order valence-electron chi connectivity index (χ3n) is 6.29. The smallest absolute Gasteiger partial charge is 0.255 e. The fraction of sp³-hybridized carbons (Fsp3) is 0.478. The molecule has 1 fully saturated rings. The van der Waals surface area contributed by atoms with Crippen LogP contribution in [0.5, 0.6) is 0 Å². The Hall–Kier alpha value is -2.56. The second kappa shape index (κ2) is 6.50. The minimum Gasteiger partial charge on any atom is -0.348 e. The molecule has 5 nitrogen and oxygen atoms in total. The van der Waals surface area contributed by atoms with Gasteiger partial charge < -0.3 is 14.8 Å². The van der Waals surface area contributed by atoms with E-state index in [-0.39, 0.29) is 23.4 Å². The molecule has 2 atom stereocenters. The van der Waals surface area contributed by atoms with Crippen LogP contribution < -0.4 is 5.32 Å². The molecule has 5 heteroatoms. The highest BCUT2D eigenvalue weighted by molar-refractivity contribution is 6.08. The SMILES string of the molecule is CCC[C@@H]1N(C(=O)c2ccn(C(C)(C)C)c2)CC[C@@]12C(=O)Nc1ccccc12. The third-order valence-corrected chi connectivity index (χ3v) is 6.29. The maximum atomic E-state index is 13.4. The van der Waals surface area contributed by atoms with Crippen molar-refractivity contribution in [2.45, 2.75) is 64.0 Å². The first kappa shape index (κ1) is 18.8. The van der Waals surface area contributed by atoms with E-state index in [1.165, 1.54) is 0 Å². The summed E-state index contributed by atoms with van der Waals surface area (Å²) in [6.07, 6.45) is 6.30. The molecule has 28 heavy (non-hydrogen) atoms. The third kappa shape index (κ3) is 2.67. The normalized spacial score (nSPS) is 23.9. The van der Waals surface area contributed by atoms with Crippen molar-refractivity contribution in [3.05, 3.63) is 53.9 Å². The number of hydrogen-bond acceptors (Lipinski definition) is 2. The summed E-state index contributed by atoms with van der Waals surface area (Å²) >= 11 is 0. The van der Waals surface area contributed by atoms with Crippen LogP contribution in [0.3, 0.4) is 0 Å². The Labute approximate surface area is 166 Å². The second-order valence-electron chi connectivity index (χ2n) is 9.00. The molecule has 148 valence electrons. The molecule has 0 saturated carbocycles. The van der Waals surface area contributed by atoms with Gasteiger partial charge in [0.2, 0.25) is 5.91 Å². The van der Waals surface area contributed by atoms with Crippen molar-refractivity contribution in [1.82, 2.24) is 9.47 Å². The van der Waals surface area contributed by atoms with E-state index in [2.05, 4.69) is 37.6 Å². The van der Waals surface area contributed by atoms with E-state index in [4.69, 9.17) is 0 Å². The van der Waals surface area contributed by atoms with Crippen molar-refractivity contribution in [2.75, 3.05) is 11.9 Å². The average molecular weight is 380 g/mol. The van der Waals surface area contributed by atoms with Crippen molar-refractivity contribution < 1.29 is 9.59 Å². The Kier molecular flexibility index (Phi) is 4.36. The lowest BCUT2D eigenvalue weighted by atomic mass is 9.73. The van der Waals surface area contributed by atoms with Crippen molar-refractivity contribution in [1.29, 1.82) is 0 Å². The number of amides is 2. The fourth-order valence-electron chi connectivity index (χ4n) is 4.83. The number of benzene rings is 1. The standard InChI is InChI=1S/C23H29N3O2/c1-5-8-19-23(17-9-6-7-10-18(17)24-21(23)28)12-14-26(19)20(27)16-11-13-25(15-16)22(2,3)4/h6-7,9-11,13,15,19H,5,8,12,14H2,1-4H3,(H,24,28)/t19-,23-/m0/s1. The zero-order valence-electron chi connectivity index (χ0n) is 17.2. The first-order chi connectivity index (χ1) is 13.3. The molecule has 0 radical (unpaired) electrons. The predicted octanol–water partition coefficient (Wildman–Crippen LogP) is 4.15. The lowest BCUT2D eigenvalue weighted by molar-refractivity contribution is -0.121. The number of anilines is 1. The summed E-state index contributed by atoms with van der Waals surface area (Å²) < 4.78 is 2.07. The van der Waals surface area contributed by atoms with Gasteiger partial charge in [0.1, 0.15) is 0 Å². The van der Waals surface area contributed by atoms with Crippen molar-refractivity contribution in [3.8, 4) is 0 Å². The quantitative estimate of drug-likeness (QED) is 0.871. The topological polar surface area (TPSA) is 54.3 Å². The molecular formula is C23H29N3O2. The van der Waals surface area contributed by atoms with Gasteiger partial charge in [0.25, 0.3) is 5.91 Å². The number of rotatable bonds is 3. The van der Waals surface area contributed by atoms with E-state index in [0.717, 1.165) is 24.1 Å². The van der Waals surface area contributed by atoms with E-state index in [1.54, 1.807) is 0 Å². The van der Waals surface area contributed by atoms with Gasteiger partial charge in [-0.3, -0.25) is 9.59 Å². The Morgan fingerprint density at radius 2 is 2.00 bits per heavy atom. The number of para-hydroxylation sites is 1. The number of carbonyl (C=O) groups excluding carboxylic acids is 2. The first-order valence-corrected chi connectivity index (χ1v) is 10.2. The van der Waals surface area contributed by atoms with Gasteiger partial charge in [-0.05, 0) is 51.3 Å². The van der Waals surface area contributed by atoms with Crippen molar-refractivity contribution in [3.63, 3.8) is 0 Å². The van der Waals surface area contributed by atoms with Crippen LogP contribution in [0.1, 0.15) is 62.9 Å². The van der Waals surface area contributed by atoms with Gasteiger partial charge in [-0.25, -0.2) is 0 Å². The molecule has 2 amide bonds. The molecule has 0 bridgehead atoms. The highest BCUT2D eigenvalue weighted by Crippen LogP contribution is 2.49. The molecule has 1 saturated heterocycles. The van der Waals surface area contributed by atoms with Crippen LogP contribution in [0.4, 0.5) is 5.69 Å². The number of nitrogens with one attached hydrogen (secondary N) is 1. The van der Waals surface area contributed by atoms with Crippen LogP contribution in [-0.4, -0.2) is 33.9 Å². The molecule has 4 rings (SSSR count). The highest BCUT2D eigenvalue weighted by atomic mass is 16.2. The van der Waals surface area contributed by atoms with Crippen LogP contribution >= 0.6 is 0 Å². The van der Waals surface area contributed by atoms with Gasteiger partial charge in [0.15, 0.2) is 0 Å². The summed E-state index contributed by atoms with van der Waals surface area (Å²) in [5, 5.41) is 3.06. The van der Waals surface area contributed by atoms with Crippen LogP contribution in [-0.2, 0) is 15.7 Å². The molecule has 1 aromatic heterocycles. The lowest BCUT2D eigenvalue weighted by Crippen LogP contribution is -2.48. The van der Waals surface area contributed by atoms with Crippen molar-refractivity contribution in [2.24, 2.45) is 0 Å². The van der Waals surface area contributed by atoms with E-state index >= 15 is 0 Å². The summed E-state index contributed by atoms with van der Waals surface area (Å²) in [4.78, 5) is 28.5. The highest BCUT2D eigenvalue weighted by Gasteiger charge is 2.58. The van der Waals surface area contributed by atoms with Crippen LogP contribution in [0.15, 0.2) is 42.7 Å². The molecule has 0 unspecified atom stereocenters. The number of nitrogens with zero attached hydrogens (tertiary/aromatic N) is 2. The van der Waals surface area contributed by atoms with Gasteiger partial charge in [-0.1, -0.05) is 31.5 Å². The summed E-state index contributed by atoms with van der Waals surface area (Å²) in [6, 6.07) is 9.70. The largest absolute Gasteiger partial charge is 0.348 e. The summed E-state index contributed by atoms with van der Waals surface area (Å²) in [6.45, 7) is 9.07. The summed E-state index contributed by atoms with van der Waals surface area (Å²) in [7, 11) is 0. The van der Waals surface area contributed by atoms with Crippen LogP contribution in [0, 0.1) is 0 Å². The second-order valence-corrected chi connectivity index (χ2v) is 9.00. The number of carbonyl (C=O) groups is 2. The van der Waals surface area contributed by atoms with Gasteiger partial charge in [0.05, 0.1) is 17.0 Å². The molecular weight excluding hydrogens is 350 g/mol. The van der Waals surface area contributed by atoms with Gasteiger partial charge in [-0.15, -0.1) is 0 Å². The predicted molar refractivity (Wildman–Crippen MR) is 111 cm³/mol.